The average Bonchev–Trinajstić information content (AvgIpc) is 2.39. The van der Waals surface area contributed by atoms with Crippen LogP contribution in [0.2, 0.25) is 0 Å². The van der Waals surface area contributed by atoms with Gasteiger partial charge in [-0.1, -0.05) is 30.3 Å². The van der Waals surface area contributed by atoms with Crippen LogP contribution in [0.15, 0.2) is 30.3 Å². The van der Waals surface area contributed by atoms with Gasteiger partial charge < -0.3 is 10.2 Å². The first kappa shape index (κ1) is 14.5. The van der Waals surface area contributed by atoms with Gasteiger partial charge in [0.05, 0.1) is 0 Å². The van der Waals surface area contributed by atoms with Crippen LogP contribution in [0.4, 0.5) is 0 Å². The van der Waals surface area contributed by atoms with E-state index in [2.05, 4.69) is 66.5 Å². The molecule has 19 heavy (non-hydrogen) atoms. The van der Waals surface area contributed by atoms with E-state index < -0.39 is 0 Å². The van der Waals surface area contributed by atoms with E-state index in [-0.39, 0.29) is 0 Å². The summed E-state index contributed by atoms with van der Waals surface area (Å²) in [6.07, 6.45) is 1.24. The van der Waals surface area contributed by atoms with E-state index in [1.54, 1.807) is 0 Å². The molecule has 3 heteroatoms. The van der Waals surface area contributed by atoms with Crippen molar-refractivity contribution in [2.75, 3.05) is 40.3 Å². The number of hydrogen-bond acceptors (Lipinski definition) is 3. The minimum atomic E-state index is 0.527. The lowest BCUT2D eigenvalue weighted by Gasteiger charge is -2.40. The predicted molar refractivity (Wildman–Crippen MR) is 81.4 cm³/mol. The zero-order valence-electron chi connectivity index (χ0n) is 12.5. The standard InChI is InChI=1S/C16H27N3/c1-14-13-19(11-7-10-18(2)3)16(12-17-14)15-8-5-4-6-9-15/h4-6,8-9,14,16-17H,7,10-13H2,1-3H3. The minimum Gasteiger partial charge on any atom is -0.311 e. The molecule has 1 aromatic carbocycles. The van der Waals surface area contributed by atoms with Crippen LogP contribution in [0.1, 0.15) is 24.9 Å². The zero-order valence-corrected chi connectivity index (χ0v) is 12.5. The predicted octanol–water partition coefficient (Wildman–Crippen LogP) is 1.97. The maximum Gasteiger partial charge on any atom is 0.0473 e. The summed E-state index contributed by atoms with van der Waals surface area (Å²) in [6.45, 7) is 6.84. The van der Waals surface area contributed by atoms with E-state index in [0.29, 0.717) is 12.1 Å². The van der Waals surface area contributed by atoms with Crippen molar-refractivity contribution in [3.63, 3.8) is 0 Å². The molecule has 0 saturated carbocycles. The molecular formula is C16H27N3. The smallest absolute Gasteiger partial charge is 0.0473 e. The maximum atomic E-state index is 3.61. The number of rotatable bonds is 5. The number of nitrogens with one attached hydrogen (secondary N) is 1. The first-order valence-corrected chi connectivity index (χ1v) is 7.34. The summed E-state index contributed by atoms with van der Waals surface area (Å²) in [5, 5.41) is 3.61. The van der Waals surface area contributed by atoms with Gasteiger partial charge in [0.25, 0.3) is 0 Å². The average molecular weight is 261 g/mol. The van der Waals surface area contributed by atoms with Crippen LogP contribution in [0.5, 0.6) is 0 Å². The Balaban J connectivity index is 1.98. The molecule has 1 aromatic rings. The van der Waals surface area contributed by atoms with E-state index >= 15 is 0 Å². The maximum absolute atomic E-state index is 3.61. The van der Waals surface area contributed by atoms with Crippen molar-refractivity contribution in [3.05, 3.63) is 35.9 Å². The number of piperazine rings is 1. The van der Waals surface area contributed by atoms with Crippen molar-refractivity contribution >= 4 is 0 Å². The van der Waals surface area contributed by atoms with Crippen LogP contribution in [0.3, 0.4) is 0 Å². The molecule has 1 saturated heterocycles. The second kappa shape index (κ2) is 7.04. The minimum absolute atomic E-state index is 0.527. The molecule has 0 aliphatic carbocycles. The van der Waals surface area contributed by atoms with Crippen molar-refractivity contribution in [3.8, 4) is 0 Å². The lowest BCUT2D eigenvalue weighted by Crippen LogP contribution is -2.51. The molecule has 0 amide bonds. The highest BCUT2D eigenvalue weighted by Crippen LogP contribution is 2.23. The fourth-order valence-electron chi connectivity index (χ4n) is 2.83. The summed E-state index contributed by atoms with van der Waals surface area (Å²) in [6, 6.07) is 12.0. The Morgan fingerprint density at radius 1 is 1.26 bits per heavy atom. The molecule has 2 atom stereocenters. The second-order valence-corrected chi connectivity index (χ2v) is 5.89. The van der Waals surface area contributed by atoms with Gasteiger partial charge in [-0.3, -0.25) is 4.90 Å². The first-order chi connectivity index (χ1) is 9.16. The summed E-state index contributed by atoms with van der Waals surface area (Å²) in [5.41, 5.74) is 1.44. The Labute approximate surface area is 117 Å². The second-order valence-electron chi connectivity index (χ2n) is 5.89. The summed E-state index contributed by atoms with van der Waals surface area (Å²) < 4.78 is 0. The zero-order chi connectivity index (χ0) is 13.7. The quantitative estimate of drug-likeness (QED) is 0.874. The Hall–Kier alpha value is -0.900. The van der Waals surface area contributed by atoms with E-state index in [0.717, 1.165) is 13.1 Å². The van der Waals surface area contributed by atoms with Crippen molar-refractivity contribution in [2.24, 2.45) is 0 Å². The molecule has 0 aromatic heterocycles. The van der Waals surface area contributed by atoms with Crippen LogP contribution < -0.4 is 5.32 Å². The molecule has 1 aliphatic heterocycles. The molecule has 1 aliphatic rings. The first-order valence-electron chi connectivity index (χ1n) is 7.34. The SMILES string of the molecule is CC1CN(CCCN(C)C)C(c2ccccc2)CN1. The highest BCUT2D eigenvalue weighted by atomic mass is 15.2. The van der Waals surface area contributed by atoms with Gasteiger partial charge in [-0.25, -0.2) is 0 Å². The van der Waals surface area contributed by atoms with Crippen molar-refractivity contribution in [2.45, 2.75) is 25.4 Å². The molecule has 106 valence electrons. The van der Waals surface area contributed by atoms with Gasteiger partial charge in [0.2, 0.25) is 0 Å². The van der Waals surface area contributed by atoms with Gasteiger partial charge >= 0.3 is 0 Å². The molecule has 3 nitrogen and oxygen atoms in total. The van der Waals surface area contributed by atoms with Gasteiger partial charge in [-0.05, 0) is 39.5 Å². The molecule has 2 rings (SSSR count). The summed E-state index contributed by atoms with van der Waals surface area (Å²) in [7, 11) is 4.30. The van der Waals surface area contributed by atoms with Crippen LogP contribution in [-0.4, -0.2) is 56.1 Å². The Morgan fingerprint density at radius 3 is 2.68 bits per heavy atom. The third kappa shape index (κ3) is 4.30. The molecule has 1 fully saturated rings. The number of hydrogen-bond donors (Lipinski definition) is 1. The third-order valence-electron chi connectivity index (χ3n) is 3.84. The molecule has 2 unspecified atom stereocenters. The molecular weight excluding hydrogens is 234 g/mol. The summed E-state index contributed by atoms with van der Waals surface area (Å²) in [4.78, 5) is 4.91. The Kier molecular flexibility index (Phi) is 5.37. The lowest BCUT2D eigenvalue weighted by molar-refractivity contribution is 0.130. The number of nitrogens with zero attached hydrogens (tertiary/aromatic N) is 2. The molecule has 0 bridgehead atoms. The lowest BCUT2D eigenvalue weighted by atomic mass is 10.0. The van der Waals surface area contributed by atoms with E-state index in [1.165, 1.54) is 25.1 Å². The highest BCUT2D eigenvalue weighted by molar-refractivity contribution is 5.20. The third-order valence-corrected chi connectivity index (χ3v) is 3.84. The van der Waals surface area contributed by atoms with Crippen LogP contribution in [0.25, 0.3) is 0 Å². The number of benzene rings is 1. The Morgan fingerprint density at radius 2 is 2.00 bits per heavy atom. The van der Waals surface area contributed by atoms with Gasteiger partial charge in [-0.2, -0.15) is 0 Å². The molecule has 1 heterocycles. The fraction of sp³-hybridized carbons (Fsp3) is 0.625. The topological polar surface area (TPSA) is 18.5 Å². The summed E-state index contributed by atoms with van der Waals surface area (Å²) in [5.74, 6) is 0. The highest BCUT2D eigenvalue weighted by Gasteiger charge is 2.26. The fourth-order valence-corrected chi connectivity index (χ4v) is 2.83. The van der Waals surface area contributed by atoms with Gasteiger partial charge in [0.1, 0.15) is 0 Å². The largest absolute Gasteiger partial charge is 0.311 e. The van der Waals surface area contributed by atoms with Crippen molar-refractivity contribution < 1.29 is 0 Å². The Bertz CT molecular complexity index is 364. The molecule has 0 radical (unpaired) electrons. The normalized spacial score (nSPS) is 24.8. The van der Waals surface area contributed by atoms with Gasteiger partial charge in [0, 0.05) is 31.7 Å². The summed E-state index contributed by atoms with van der Waals surface area (Å²) >= 11 is 0. The molecule has 0 spiro atoms. The van der Waals surface area contributed by atoms with Crippen molar-refractivity contribution in [1.82, 2.24) is 15.1 Å². The van der Waals surface area contributed by atoms with Gasteiger partial charge in [-0.15, -0.1) is 0 Å². The van der Waals surface area contributed by atoms with Crippen molar-refractivity contribution in [1.29, 1.82) is 0 Å². The van der Waals surface area contributed by atoms with Crippen LogP contribution in [-0.2, 0) is 0 Å². The monoisotopic (exact) mass is 261 g/mol. The molecule has 1 N–H and O–H groups in total. The van der Waals surface area contributed by atoms with E-state index in [4.69, 9.17) is 0 Å². The van der Waals surface area contributed by atoms with Crippen LogP contribution >= 0.6 is 0 Å². The van der Waals surface area contributed by atoms with Gasteiger partial charge in [0.15, 0.2) is 0 Å². The van der Waals surface area contributed by atoms with Crippen LogP contribution in [0, 0.1) is 0 Å². The van der Waals surface area contributed by atoms with E-state index in [9.17, 15) is 0 Å². The van der Waals surface area contributed by atoms with E-state index in [1.807, 2.05) is 0 Å².